The maximum absolute atomic E-state index is 12.0. The van der Waals surface area contributed by atoms with E-state index in [9.17, 15) is 4.79 Å². The molecule has 0 spiro atoms. The van der Waals surface area contributed by atoms with E-state index >= 15 is 0 Å². The Balaban J connectivity index is 1.54. The summed E-state index contributed by atoms with van der Waals surface area (Å²) in [6.07, 6.45) is 5.72. The van der Waals surface area contributed by atoms with E-state index in [2.05, 4.69) is 20.3 Å². The van der Waals surface area contributed by atoms with Gasteiger partial charge >= 0.3 is 0 Å². The molecule has 0 aromatic carbocycles. The minimum Gasteiger partial charge on any atom is -0.481 e. The van der Waals surface area contributed by atoms with Crippen molar-refractivity contribution in [1.82, 2.24) is 34.8 Å². The monoisotopic (exact) mass is 417 g/mol. The van der Waals surface area contributed by atoms with Gasteiger partial charge in [-0.2, -0.15) is 0 Å². The number of hydrogen-bond donors (Lipinski definition) is 0. The molecule has 1 amide bonds. The maximum Gasteiger partial charge on any atom is 0.222 e. The molecule has 5 rings (SSSR count). The largest absolute Gasteiger partial charge is 0.481 e. The van der Waals surface area contributed by atoms with Crippen LogP contribution in [0, 0.1) is 0 Å². The number of carbonyl (C=O) groups is 1. The van der Waals surface area contributed by atoms with Crippen molar-refractivity contribution in [2.24, 2.45) is 0 Å². The normalized spacial score (nSPS) is 15.0. The molecule has 0 saturated carbocycles. The van der Waals surface area contributed by atoms with Crippen molar-refractivity contribution in [3.8, 4) is 17.1 Å². The molecule has 0 N–H and O–H groups in total. The number of fused-ring (bicyclic) bond motifs is 3. The molecule has 9 heteroatoms. The molecule has 9 nitrogen and oxygen atoms in total. The highest BCUT2D eigenvalue weighted by Crippen LogP contribution is 2.30. The lowest BCUT2D eigenvalue weighted by molar-refractivity contribution is -0.132. The van der Waals surface area contributed by atoms with Gasteiger partial charge < -0.3 is 9.64 Å². The fraction of sp³-hybridized carbons (Fsp3) is 0.364. The van der Waals surface area contributed by atoms with Gasteiger partial charge in [-0.3, -0.25) is 9.78 Å². The van der Waals surface area contributed by atoms with Crippen LogP contribution in [-0.4, -0.2) is 61.0 Å². The molecule has 0 unspecified atom stereocenters. The SMILES string of the molecule is CCC(=O)N1CCC(n2nnc3cnc4ccc(-c5ccc(OC)nc5)nc4c32)CC1. The summed E-state index contributed by atoms with van der Waals surface area (Å²) < 4.78 is 7.12. The lowest BCUT2D eigenvalue weighted by Crippen LogP contribution is -2.38. The topological polar surface area (TPSA) is 98.9 Å². The van der Waals surface area contributed by atoms with Crippen LogP contribution in [0.4, 0.5) is 0 Å². The highest BCUT2D eigenvalue weighted by molar-refractivity contribution is 5.99. The lowest BCUT2D eigenvalue weighted by atomic mass is 10.0. The molecule has 1 aliphatic rings. The first kappa shape index (κ1) is 19.3. The van der Waals surface area contributed by atoms with Crippen LogP contribution in [0.25, 0.3) is 33.3 Å². The van der Waals surface area contributed by atoms with Crippen LogP contribution in [0.5, 0.6) is 5.88 Å². The number of hydrogen-bond acceptors (Lipinski definition) is 7. The van der Waals surface area contributed by atoms with Crippen LogP contribution in [0.2, 0.25) is 0 Å². The van der Waals surface area contributed by atoms with Crippen molar-refractivity contribution in [3.05, 3.63) is 36.7 Å². The van der Waals surface area contributed by atoms with Gasteiger partial charge in [0.2, 0.25) is 11.8 Å². The van der Waals surface area contributed by atoms with Crippen molar-refractivity contribution >= 4 is 28.0 Å². The number of methoxy groups -OCH3 is 1. The number of likely N-dealkylation sites (tertiary alicyclic amines) is 1. The Morgan fingerprint density at radius 1 is 1.10 bits per heavy atom. The number of carbonyl (C=O) groups excluding carboxylic acids is 1. The second-order valence-corrected chi connectivity index (χ2v) is 7.65. The minimum absolute atomic E-state index is 0.171. The zero-order valence-corrected chi connectivity index (χ0v) is 17.5. The molecule has 0 radical (unpaired) electrons. The third kappa shape index (κ3) is 3.45. The number of rotatable bonds is 4. The third-order valence-electron chi connectivity index (χ3n) is 5.85. The second kappa shape index (κ2) is 7.90. The van der Waals surface area contributed by atoms with Gasteiger partial charge in [0.1, 0.15) is 16.6 Å². The number of ether oxygens (including phenoxy) is 1. The zero-order chi connectivity index (χ0) is 21.4. The predicted octanol–water partition coefficient (Wildman–Crippen LogP) is 3.02. The standard InChI is InChI=1S/C22H23N7O2/c1-3-20(30)28-10-8-15(9-11-28)29-22-18(26-27-29)13-23-17-6-5-16(25-21(17)22)14-4-7-19(31-2)24-12-14/h4-7,12-13,15H,3,8-11H2,1-2H3. The summed E-state index contributed by atoms with van der Waals surface area (Å²) >= 11 is 0. The smallest absolute Gasteiger partial charge is 0.222 e. The first-order chi connectivity index (χ1) is 15.2. The van der Waals surface area contributed by atoms with E-state index in [1.54, 1.807) is 19.5 Å². The average Bonchev–Trinajstić information content (AvgIpc) is 3.28. The molecule has 158 valence electrons. The Morgan fingerprint density at radius 2 is 1.94 bits per heavy atom. The summed E-state index contributed by atoms with van der Waals surface area (Å²) in [5, 5.41) is 8.78. The van der Waals surface area contributed by atoms with Crippen LogP contribution in [0.3, 0.4) is 0 Å². The van der Waals surface area contributed by atoms with Crippen LogP contribution in [-0.2, 0) is 4.79 Å². The predicted molar refractivity (Wildman–Crippen MR) is 116 cm³/mol. The van der Waals surface area contributed by atoms with Crippen LogP contribution in [0.15, 0.2) is 36.7 Å². The van der Waals surface area contributed by atoms with Crippen molar-refractivity contribution in [2.75, 3.05) is 20.2 Å². The van der Waals surface area contributed by atoms with Crippen LogP contribution >= 0.6 is 0 Å². The Morgan fingerprint density at radius 3 is 2.65 bits per heavy atom. The van der Waals surface area contributed by atoms with E-state index in [0.717, 1.165) is 59.3 Å². The van der Waals surface area contributed by atoms with E-state index in [1.807, 2.05) is 40.8 Å². The Bertz CT molecular complexity index is 1240. The quantitative estimate of drug-likeness (QED) is 0.503. The number of amides is 1. The zero-order valence-electron chi connectivity index (χ0n) is 17.5. The molecular formula is C22H23N7O2. The molecule has 5 heterocycles. The first-order valence-electron chi connectivity index (χ1n) is 10.5. The molecule has 0 bridgehead atoms. The van der Waals surface area contributed by atoms with Gasteiger partial charge in [-0.1, -0.05) is 12.1 Å². The number of piperidine rings is 1. The number of nitrogens with zero attached hydrogens (tertiary/aromatic N) is 7. The highest BCUT2D eigenvalue weighted by atomic mass is 16.5. The Labute approximate surface area is 179 Å². The molecular weight excluding hydrogens is 394 g/mol. The van der Waals surface area contributed by atoms with Crippen molar-refractivity contribution < 1.29 is 9.53 Å². The summed E-state index contributed by atoms with van der Waals surface area (Å²) in [6, 6.07) is 7.82. The van der Waals surface area contributed by atoms with Gasteiger partial charge in [-0.15, -0.1) is 5.10 Å². The molecule has 4 aromatic heterocycles. The number of pyridine rings is 3. The fourth-order valence-corrected chi connectivity index (χ4v) is 4.14. The van der Waals surface area contributed by atoms with Crippen molar-refractivity contribution in [3.63, 3.8) is 0 Å². The van der Waals surface area contributed by atoms with Crippen molar-refractivity contribution in [2.45, 2.75) is 32.2 Å². The minimum atomic E-state index is 0.171. The average molecular weight is 417 g/mol. The third-order valence-corrected chi connectivity index (χ3v) is 5.85. The summed E-state index contributed by atoms with van der Waals surface area (Å²) in [5.41, 5.74) is 4.85. The molecule has 0 atom stereocenters. The fourth-order valence-electron chi connectivity index (χ4n) is 4.14. The molecule has 1 aliphatic heterocycles. The summed E-state index contributed by atoms with van der Waals surface area (Å²) in [6.45, 7) is 3.37. The van der Waals surface area contributed by atoms with Crippen LogP contribution in [0.1, 0.15) is 32.2 Å². The highest BCUT2D eigenvalue weighted by Gasteiger charge is 2.26. The molecule has 1 fully saturated rings. The van der Waals surface area contributed by atoms with E-state index in [0.29, 0.717) is 12.3 Å². The number of aromatic nitrogens is 6. The summed E-state index contributed by atoms with van der Waals surface area (Å²) in [7, 11) is 1.59. The van der Waals surface area contributed by atoms with Gasteiger partial charge in [0.25, 0.3) is 0 Å². The second-order valence-electron chi connectivity index (χ2n) is 7.65. The van der Waals surface area contributed by atoms with E-state index in [4.69, 9.17) is 9.72 Å². The Hall–Kier alpha value is -3.62. The van der Waals surface area contributed by atoms with Gasteiger partial charge in [-0.05, 0) is 31.0 Å². The molecule has 31 heavy (non-hydrogen) atoms. The molecule has 4 aromatic rings. The van der Waals surface area contributed by atoms with Gasteiger partial charge in [0.15, 0.2) is 0 Å². The molecule has 1 saturated heterocycles. The molecule has 0 aliphatic carbocycles. The van der Waals surface area contributed by atoms with E-state index < -0.39 is 0 Å². The first-order valence-corrected chi connectivity index (χ1v) is 10.5. The van der Waals surface area contributed by atoms with Gasteiger partial charge in [0, 0.05) is 37.3 Å². The van der Waals surface area contributed by atoms with Crippen molar-refractivity contribution in [1.29, 1.82) is 0 Å². The van der Waals surface area contributed by atoms with Gasteiger partial charge in [0.05, 0.1) is 30.6 Å². The maximum atomic E-state index is 12.0. The van der Waals surface area contributed by atoms with Gasteiger partial charge in [-0.25, -0.2) is 14.6 Å². The summed E-state index contributed by atoms with van der Waals surface area (Å²) in [5.74, 6) is 0.764. The summed E-state index contributed by atoms with van der Waals surface area (Å²) in [4.78, 5) is 27.7. The Kier molecular flexibility index (Phi) is 4.93. The van der Waals surface area contributed by atoms with E-state index in [-0.39, 0.29) is 11.9 Å². The van der Waals surface area contributed by atoms with Crippen LogP contribution < -0.4 is 4.74 Å². The van der Waals surface area contributed by atoms with E-state index in [1.165, 1.54) is 0 Å². The lowest BCUT2D eigenvalue weighted by Gasteiger charge is -2.32.